The van der Waals surface area contributed by atoms with Gasteiger partial charge in [-0.2, -0.15) is 0 Å². The molecule has 0 unspecified atom stereocenters. The first-order valence-electron chi connectivity index (χ1n) is 10.0. The summed E-state index contributed by atoms with van der Waals surface area (Å²) in [5.41, 5.74) is 4.03. The van der Waals surface area contributed by atoms with Gasteiger partial charge in [-0.25, -0.2) is 4.79 Å². The van der Waals surface area contributed by atoms with E-state index in [2.05, 4.69) is 55.5 Å². The predicted octanol–water partition coefficient (Wildman–Crippen LogP) is 5.20. The van der Waals surface area contributed by atoms with Gasteiger partial charge in [0.15, 0.2) is 0 Å². The SMILES string of the molecule is COc1ccc2c(c1)NC1(CCN(C(=O)Nc3ccc(Br)cc3)CC1)c1cccn1-2. The number of hydrogen-bond donors (Lipinski definition) is 2. The van der Waals surface area contributed by atoms with Gasteiger partial charge in [0.1, 0.15) is 5.75 Å². The number of rotatable bonds is 2. The number of benzene rings is 2. The Kier molecular flexibility index (Phi) is 4.70. The Morgan fingerprint density at radius 1 is 1.13 bits per heavy atom. The van der Waals surface area contributed by atoms with E-state index < -0.39 is 0 Å². The van der Waals surface area contributed by atoms with Gasteiger partial charge in [-0.05, 0) is 61.4 Å². The number of ether oxygens (including phenoxy) is 1. The van der Waals surface area contributed by atoms with Crippen molar-refractivity contribution in [3.05, 3.63) is 71.0 Å². The van der Waals surface area contributed by atoms with Crippen LogP contribution in [0.1, 0.15) is 18.5 Å². The summed E-state index contributed by atoms with van der Waals surface area (Å²) in [6, 6.07) is 18.0. The summed E-state index contributed by atoms with van der Waals surface area (Å²) in [5.74, 6) is 0.832. The van der Waals surface area contributed by atoms with Crippen molar-refractivity contribution in [1.82, 2.24) is 9.47 Å². The van der Waals surface area contributed by atoms with Crippen molar-refractivity contribution >= 4 is 33.3 Å². The molecule has 0 aliphatic carbocycles. The predicted molar refractivity (Wildman–Crippen MR) is 122 cm³/mol. The topological polar surface area (TPSA) is 58.5 Å². The lowest BCUT2D eigenvalue weighted by Crippen LogP contribution is -2.51. The number of halogens is 1. The number of nitrogens with one attached hydrogen (secondary N) is 2. The van der Waals surface area contributed by atoms with Gasteiger partial charge in [0.05, 0.1) is 24.0 Å². The molecule has 1 aromatic heterocycles. The maximum atomic E-state index is 12.8. The zero-order valence-corrected chi connectivity index (χ0v) is 18.3. The standard InChI is InChI=1S/C23H23BrN4O2/c1-30-18-8-9-20-19(15-18)26-23(21-3-2-12-28(20)21)10-13-27(14-11-23)22(29)25-17-6-4-16(24)5-7-17/h2-9,12,15,26H,10-11,13-14H2,1H3,(H,25,29). The highest BCUT2D eigenvalue weighted by Gasteiger charge is 2.42. The van der Waals surface area contributed by atoms with Crippen LogP contribution < -0.4 is 15.4 Å². The Balaban J connectivity index is 1.35. The fraction of sp³-hybridized carbons (Fsp3) is 0.261. The van der Waals surface area contributed by atoms with E-state index in [1.807, 2.05) is 41.3 Å². The smallest absolute Gasteiger partial charge is 0.321 e. The van der Waals surface area contributed by atoms with Crippen LogP contribution in [0.25, 0.3) is 5.69 Å². The van der Waals surface area contributed by atoms with Gasteiger partial charge < -0.3 is 24.8 Å². The second-order valence-corrected chi connectivity index (χ2v) is 8.69. The number of carbonyl (C=O) groups is 1. The molecule has 7 heteroatoms. The number of hydrogen-bond acceptors (Lipinski definition) is 3. The molecule has 3 aromatic rings. The molecular formula is C23H23BrN4O2. The second kappa shape index (κ2) is 7.40. The molecule has 2 aliphatic rings. The van der Waals surface area contributed by atoms with Crippen LogP contribution in [-0.2, 0) is 5.54 Å². The Morgan fingerprint density at radius 2 is 1.90 bits per heavy atom. The van der Waals surface area contributed by atoms with E-state index in [1.54, 1.807) is 7.11 Å². The van der Waals surface area contributed by atoms with E-state index in [0.29, 0.717) is 13.1 Å². The zero-order chi connectivity index (χ0) is 20.7. The number of piperidine rings is 1. The van der Waals surface area contributed by atoms with E-state index >= 15 is 0 Å². The Bertz CT molecular complexity index is 1080. The third kappa shape index (κ3) is 3.23. The number of likely N-dealkylation sites (tertiary alicyclic amines) is 1. The molecule has 0 atom stereocenters. The number of methoxy groups -OCH3 is 1. The molecule has 2 amide bonds. The zero-order valence-electron chi connectivity index (χ0n) is 16.7. The van der Waals surface area contributed by atoms with E-state index in [-0.39, 0.29) is 11.6 Å². The minimum absolute atomic E-state index is 0.0552. The van der Waals surface area contributed by atoms with Gasteiger partial charge in [-0.3, -0.25) is 0 Å². The van der Waals surface area contributed by atoms with Gasteiger partial charge in [0.2, 0.25) is 0 Å². The molecule has 2 aliphatic heterocycles. The lowest BCUT2D eigenvalue weighted by molar-refractivity contribution is 0.174. The third-order valence-corrected chi connectivity index (χ3v) is 6.60. The van der Waals surface area contributed by atoms with E-state index in [4.69, 9.17) is 4.74 Å². The number of nitrogens with zero attached hydrogens (tertiary/aromatic N) is 2. The van der Waals surface area contributed by atoms with Crippen LogP contribution in [-0.4, -0.2) is 35.7 Å². The summed E-state index contributed by atoms with van der Waals surface area (Å²) in [7, 11) is 1.68. The van der Waals surface area contributed by atoms with Crippen LogP contribution in [0.5, 0.6) is 5.75 Å². The molecule has 30 heavy (non-hydrogen) atoms. The number of amides is 2. The van der Waals surface area contributed by atoms with Gasteiger partial charge in [0.25, 0.3) is 0 Å². The van der Waals surface area contributed by atoms with E-state index in [1.165, 1.54) is 5.69 Å². The highest BCUT2D eigenvalue weighted by atomic mass is 79.9. The maximum Gasteiger partial charge on any atom is 0.321 e. The Labute approximate surface area is 184 Å². The first kappa shape index (κ1) is 19.1. The minimum atomic E-state index is -0.197. The highest BCUT2D eigenvalue weighted by molar-refractivity contribution is 9.10. The van der Waals surface area contributed by atoms with Gasteiger partial charge in [-0.1, -0.05) is 15.9 Å². The first-order valence-corrected chi connectivity index (χ1v) is 10.8. The van der Waals surface area contributed by atoms with E-state index in [0.717, 1.165) is 40.1 Å². The Hall–Kier alpha value is -2.93. The van der Waals surface area contributed by atoms with Crippen LogP contribution >= 0.6 is 15.9 Å². The largest absolute Gasteiger partial charge is 0.497 e. The van der Waals surface area contributed by atoms with Crippen molar-refractivity contribution in [2.24, 2.45) is 0 Å². The molecule has 1 saturated heterocycles. The summed E-state index contributed by atoms with van der Waals surface area (Å²) >= 11 is 3.42. The van der Waals surface area contributed by atoms with Crippen molar-refractivity contribution in [2.75, 3.05) is 30.8 Å². The maximum absolute atomic E-state index is 12.8. The van der Waals surface area contributed by atoms with Crippen LogP contribution in [0, 0.1) is 0 Å². The molecule has 5 rings (SSSR count). The fourth-order valence-corrected chi connectivity index (χ4v) is 4.73. The molecular weight excluding hydrogens is 444 g/mol. The number of carbonyl (C=O) groups excluding carboxylic acids is 1. The third-order valence-electron chi connectivity index (χ3n) is 6.08. The van der Waals surface area contributed by atoms with Gasteiger partial charge in [-0.15, -0.1) is 0 Å². The van der Waals surface area contributed by atoms with Crippen molar-refractivity contribution in [3.8, 4) is 11.4 Å². The average Bonchev–Trinajstić information content (AvgIpc) is 3.27. The lowest BCUT2D eigenvalue weighted by Gasteiger charge is -2.46. The number of fused-ring (bicyclic) bond motifs is 4. The summed E-state index contributed by atoms with van der Waals surface area (Å²) < 4.78 is 8.67. The Morgan fingerprint density at radius 3 is 2.63 bits per heavy atom. The molecule has 154 valence electrons. The summed E-state index contributed by atoms with van der Waals surface area (Å²) in [4.78, 5) is 14.7. The van der Waals surface area contributed by atoms with E-state index in [9.17, 15) is 4.79 Å². The average molecular weight is 467 g/mol. The van der Waals surface area contributed by atoms with Gasteiger partial charge in [0, 0.05) is 41.2 Å². The highest BCUT2D eigenvalue weighted by Crippen LogP contribution is 2.44. The fourth-order valence-electron chi connectivity index (χ4n) is 4.46. The van der Waals surface area contributed by atoms with Crippen molar-refractivity contribution in [3.63, 3.8) is 0 Å². The van der Waals surface area contributed by atoms with Crippen LogP contribution in [0.4, 0.5) is 16.2 Å². The molecule has 2 N–H and O–H groups in total. The number of urea groups is 1. The van der Waals surface area contributed by atoms with Crippen LogP contribution in [0.2, 0.25) is 0 Å². The molecule has 3 heterocycles. The monoisotopic (exact) mass is 466 g/mol. The van der Waals surface area contributed by atoms with Crippen LogP contribution in [0.15, 0.2) is 65.3 Å². The lowest BCUT2D eigenvalue weighted by atomic mass is 9.82. The van der Waals surface area contributed by atoms with Crippen molar-refractivity contribution in [1.29, 1.82) is 0 Å². The second-order valence-electron chi connectivity index (χ2n) is 7.78. The first-order chi connectivity index (χ1) is 14.6. The molecule has 0 saturated carbocycles. The molecule has 6 nitrogen and oxygen atoms in total. The molecule has 1 spiro atoms. The molecule has 0 bridgehead atoms. The van der Waals surface area contributed by atoms with Crippen LogP contribution in [0.3, 0.4) is 0 Å². The minimum Gasteiger partial charge on any atom is -0.497 e. The quantitative estimate of drug-likeness (QED) is 0.545. The summed E-state index contributed by atoms with van der Waals surface area (Å²) in [6.45, 7) is 1.36. The van der Waals surface area contributed by atoms with Gasteiger partial charge >= 0.3 is 6.03 Å². The molecule has 1 fully saturated rings. The summed E-state index contributed by atoms with van der Waals surface area (Å²) in [5, 5.41) is 6.78. The van der Waals surface area contributed by atoms with Crippen molar-refractivity contribution < 1.29 is 9.53 Å². The van der Waals surface area contributed by atoms with Crippen molar-refractivity contribution in [2.45, 2.75) is 18.4 Å². The summed E-state index contributed by atoms with van der Waals surface area (Å²) in [6.07, 6.45) is 3.78. The molecule has 2 aromatic carbocycles. The molecule has 0 radical (unpaired) electrons. The normalized spacial score (nSPS) is 16.4. The number of anilines is 2. The number of aromatic nitrogens is 1.